The van der Waals surface area contributed by atoms with Gasteiger partial charge in [-0.15, -0.1) is 0 Å². The molecule has 0 aromatic carbocycles. The maximum atomic E-state index is 13.0. The zero-order valence-corrected chi connectivity index (χ0v) is 14.3. The Morgan fingerprint density at radius 1 is 0.955 bits per heavy atom. The third-order valence-corrected chi connectivity index (χ3v) is 9.15. The second-order valence-electron chi connectivity index (χ2n) is 9.39. The fraction of sp³-hybridized carbons (Fsp3) is 0.950. The summed E-state index contributed by atoms with van der Waals surface area (Å²) in [6.07, 6.45) is 7.56. The van der Waals surface area contributed by atoms with E-state index in [4.69, 9.17) is 4.74 Å². The molecule has 0 saturated heterocycles. The number of carbonyl (C=O) groups is 1. The van der Waals surface area contributed by atoms with Crippen LogP contribution in [-0.4, -0.2) is 11.6 Å². The normalized spacial score (nSPS) is 60.6. The molecule has 6 aliphatic rings. The van der Waals surface area contributed by atoms with Gasteiger partial charge in [0.25, 0.3) is 0 Å². The molecule has 6 fully saturated rings. The van der Waals surface area contributed by atoms with Crippen LogP contribution in [0, 0.1) is 53.3 Å². The largest absolute Gasteiger partial charge is 0.458 e. The Morgan fingerprint density at radius 2 is 1.64 bits per heavy atom. The minimum atomic E-state index is -0.0542. The van der Waals surface area contributed by atoms with E-state index in [1.807, 2.05) is 0 Å². The van der Waals surface area contributed by atoms with E-state index >= 15 is 0 Å². The predicted octanol–water partition coefficient (Wildman–Crippen LogP) is 4.28. The number of fused-ring (bicyclic) bond motifs is 2. The van der Waals surface area contributed by atoms with Gasteiger partial charge in [-0.2, -0.15) is 0 Å². The molecule has 0 aliphatic heterocycles. The van der Waals surface area contributed by atoms with E-state index in [2.05, 4.69) is 20.8 Å². The Bertz CT molecular complexity index is 494. The lowest BCUT2D eigenvalue weighted by Gasteiger charge is -2.39. The molecule has 0 N–H and O–H groups in total. The van der Waals surface area contributed by atoms with Gasteiger partial charge in [0.2, 0.25) is 0 Å². The fourth-order valence-electron chi connectivity index (χ4n) is 7.97. The molecular weight excluding hydrogens is 272 g/mol. The van der Waals surface area contributed by atoms with E-state index < -0.39 is 0 Å². The third-order valence-electron chi connectivity index (χ3n) is 9.15. The first-order valence-corrected chi connectivity index (χ1v) is 9.78. The van der Waals surface area contributed by atoms with Crippen LogP contribution in [0.5, 0.6) is 0 Å². The molecule has 2 heteroatoms. The van der Waals surface area contributed by atoms with Gasteiger partial charge in [-0.3, -0.25) is 4.79 Å². The zero-order valence-electron chi connectivity index (χ0n) is 14.3. The fourth-order valence-corrected chi connectivity index (χ4v) is 7.97. The number of ether oxygens (including phenoxy) is 1. The molecule has 6 saturated carbocycles. The van der Waals surface area contributed by atoms with Gasteiger partial charge in [-0.1, -0.05) is 20.8 Å². The number of carbonyl (C=O) groups excluding carboxylic acids is 1. The first-order chi connectivity index (χ1) is 10.5. The van der Waals surface area contributed by atoms with Gasteiger partial charge in [-0.25, -0.2) is 0 Å². The summed E-state index contributed by atoms with van der Waals surface area (Å²) in [5, 5.41) is 0. The quantitative estimate of drug-likeness (QED) is 0.727. The minimum absolute atomic E-state index is 0.0542. The predicted molar refractivity (Wildman–Crippen MR) is 85.0 cm³/mol. The van der Waals surface area contributed by atoms with Crippen LogP contribution < -0.4 is 0 Å². The lowest BCUT2D eigenvalue weighted by atomic mass is 9.75. The summed E-state index contributed by atoms with van der Waals surface area (Å²) >= 11 is 0. The molecule has 6 bridgehead atoms. The molecule has 0 aromatic heterocycles. The SMILES string of the molecule is CCC1(OC(=O)C2CC3CC2C(C)C3C)C2CC3CC2CC31. The molecular formula is C20H30O2. The van der Waals surface area contributed by atoms with Crippen LogP contribution in [0.3, 0.4) is 0 Å². The van der Waals surface area contributed by atoms with Crippen LogP contribution in [0.1, 0.15) is 59.3 Å². The lowest BCUT2D eigenvalue weighted by molar-refractivity contribution is -0.176. The Labute approximate surface area is 134 Å². The Balaban J connectivity index is 1.36. The second-order valence-corrected chi connectivity index (χ2v) is 9.39. The summed E-state index contributed by atoms with van der Waals surface area (Å²) in [6.45, 7) is 7.00. The van der Waals surface area contributed by atoms with E-state index in [1.165, 1.54) is 25.7 Å². The highest BCUT2D eigenvalue weighted by atomic mass is 16.6. The number of rotatable bonds is 3. The molecule has 6 rings (SSSR count). The van der Waals surface area contributed by atoms with E-state index in [0.717, 1.165) is 36.5 Å². The summed E-state index contributed by atoms with van der Waals surface area (Å²) in [6, 6.07) is 0. The van der Waals surface area contributed by atoms with Gasteiger partial charge >= 0.3 is 5.97 Å². The third kappa shape index (κ3) is 1.46. The van der Waals surface area contributed by atoms with Gasteiger partial charge in [0.1, 0.15) is 5.60 Å². The van der Waals surface area contributed by atoms with Crippen molar-refractivity contribution >= 4 is 5.97 Å². The second kappa shape index (κ2) is 4.30. The van der Waals surface area contributed by atoms with Crippen molar-refractivity contribution in [2.45, 2.75) is 64.9 Å². The van der Waals surface area contributed by atoms with Gasteiger partial charge in [-0.05, 0) is 74.0 Å². The molecule has 0 heterocycles. The highest BCUT2D eigenvalue weighted by Crippen LogP contribution is 2.70. The van der Waals surface area contributed by atoms with E-state index in [1.54, 1.807) is 0 Å². The Kier molecular flexibility index (Phi) is 2.71. The number of esters is 1. The molecule has 0 spiro atoms. The topological polar surface area (TPSA) is 26.3 Å². The van der Waals surface area contributed by atoms with Crippen molar-refractivity contribution in [1.29, 1.82) is 0 Å². The smallest absolute Gasteiger partial charge is 0.309 e. The van der Waals surface area contributed by atoms with Gasteiger partial charge in [0, 0.05) is 11.8 Å². The van der Waals surface area contributed by atoms with E-state index in [0.29, 0.717) is 23.7 Å². The number of hydrogen-bond acceptors (Lipinski definition) is 2. The Hall–Kier alpha value is -0.530. The van der Waals surface area contributed by atoms with Crippen molar-refractivity contribution in [3.05, 3.63) is 0 Å². The maximum Gasteiger partial charge on any atom is 0.309 e. The van der Waals surface area contributed by atoms with E-state index in [-0.39, 0.29) is 17.5 Å². The lowest BCUT2D eigenvalue weighted by Crippen LogP contribution is -2.45. The molecule has 0 radical (unpaired) electrons. The average Bonchev–Trinajstić information content (AvgIpc) is 3.30. The van der Waals surface area contributed by atoms with Crippen LogP contribution in [0.2, 0.25) is 0 Å². The molecule has 0 aromatic rings. The zero-order chi connectivity index (χ0) is 15.2. The first kappa shape index (κ1) is 13.9. The molecule has 9 atom stereocenters. The average molecular weight is 302 g/mol. The van der Waals surface area contributed by atoms with Crippen LogP contribution in [0.25, 0.3) is 0 Å². The van der Waals surface area contributed by atoms with Crippen LogP contribution in [0.4, 0.5) is 0 Å². The highest BCUT2D eigenvalue weighted by molar-refractivity contribution is 5.74. The van der Waals surface area contributed by atoms with Crippen molar-refractivity contribution in [2.75, 3.05) is 0 Å². The van der Waals surface area contributed by atoms with Gasteiger partial charge in [0.05, 0.1) is 5.92 Å². The summed E-state index contributed by atoms with van der Waals surface area (Å²) in [4.78, 5) is 13.0. The summed E-state index contributed by atoms with van der Waals surface area (Å²) < 4.78 is 6.42. The minimum Gasteiger partial charge on any atom is -0.458 e. The van der Waals surface area contributed by atoms with Crippen LogP contribution in [-0.2, 0) is 9.53 Å². The summed E-state index contributed by atoms with van der Waals surface area (Å²) in [7, 11) is 0. The number of hydrogen-bond donors (Lipinski definition) is 0. The molecule has 122 valence electrons. The monoisotopic (exact) mass is 302 g/mol. The van der Waals surface area contributed by atoms with E-state index in [9.17, 15) is 4.79 Å². The Morgan fingerprint density at radius 3 is 2.14 bits per heavy atom. The standard InChI is InChI=1S/C20H30O2/c1-4-20(17-8-13-5-14(17)9-18(13)20)22-19(21)16-7-12-6-15(16)11(3)10(12)2/h10-18H,4-9H2,1-3H3. The van der Waals surface area contributed by atoms with Crippen LogP contribution >= 0.6 is 0 Å². The molecule has 6 aliphatic carbocycles. The molecule has 22 heavy (non-hydrogen) atoms. The summed E-state index contributed by atoms with van der Waals surface area (Å²) in [5.74, 6) is 6.47. The molecule has 2 nitrogen and oxygen atoms in total. The van der Waals surface area contributed by atoms with Gasteiger partial charge in [0.15, 0.2) is 0 Å². The molecule has 9 unspecified atom stereocenters. The summed E-state index contributed by atoms with van der Waals surface area (Å²) in [5.41, 5.74) is -0.0542. The van der Waals surface area contributed by atoms with Crippen molar-refractivity contribution in [1.82, 2.24) is 0 Å². The molecule has 0 amide bonds. The van der Waals surface area contributed by atoms with Crippen molar-refractivity contribution in [2.24, 2.45) is 53.3 Å². The first-order valence-electron chi connectivity index (χ1n) is 9.78. The maximum absolute atomic E-state index is 13.0. The van der Waals surface area contributed by atoms with Crippen molar-refractivity contribution < 1.29 is 9.53 Å². The van der Waals surface area contributed by atoms with Crippen LogP contribution in [0.15, 0.2) is 0 Å². The van der Waals surface area contributed by atoms with Gasteiger partial charge < -0.3 is 4.74 Å². The van der Waals surface area contributed by atoms with Crippen molar-refractivity contribution in [3.8, 4) is 0 Å². The highest BCUT2D eigenvalue weighted by Gasteiger charge is 2.69. The van der Waals surface area contributed by atoms with Crippen molar-refractivity contribution in [3.63, 3.8) is 0 Å².